The molecule has 174 valence electrons. The number of nitriles is 1. The molecule has 4 aliphatic rings. The van der Waals surface area contributed by atoms with Gasteiger partial charge in [0.2, 0.25) is 0 Å². The molecule has 7 nitrogen and oxygen atoms in total. The molecule has 0 spiro atoms. The van der Waals surface area contributed by atoms with E-state index in [2.05, 4.69) is 16.1 Å². The third-order valence-corrected chi connectivity index (χ3v) is 8.62. The van der Waals surface area contributed by atoms with Gasteiger partial charge in [0.1, 0.15) is 0 Å². The van der Waals surface area contributed by atoms with Crippen molar-refractivity contribution in [2.24, 2.45) is 5.41 Å². The molecule has 0 atom stereocenters. The van der Waals surface area contributed by atoms with Gasteiger partial charge in [0.15, 0.2) is 0 Å². The second-order valence-corrected chi connectivity index (χ2v) is 10.8. The van der Waals surface area contributed by atoms with Crippen LogP contribution in [0.4, 0.5) is 18.9 Å². The summed E-state index contributed by atoms with van der Waals surface area (Å²) in [4.78, 5) is 13.2. The minimum absolute atomic E-state index is 0.184. The molecule has 1 aromatic rings. The average Bonchev–Trinajstić information content (AvgIpc) is 3.30. The van der Waals surface area contributed by atoms with Crippen molar-refractivity contribution in [3.8, 4) is 6.07 Å². The predicted octanol–water partition coefficient (Wildman–Crippen LogP) is 3.80. The highest BCUT2D eigenvalue weighted by Crippen LogP contribution is 2.52. The number of carbonyl (C=O) groups excluding carboxylic acids is 1. The van der Waals surface area contributed by atoms with Crippen molar-refractivity contribution < 1.29 is 26.4 Å². The van der Waals surface area contributed by atoms with Crippen molar-refractivity contribution in [3.63, 3.8) is 0 Å². The van der Waals surface area contributed by atoms with Crippen molar-refractivity contribution >= 4 is 21.8 Å². The maximum atomic E-state index is 13.3. The molecule has 1 saturated heterocycles. The van der Waals surface area contributed by atoms with Crippen molar-refractivity contribution in [1.29, 1.82) is 5.26 Å². The van der Waals surface area contributed by atoms with E-state index >= 15 is 0 Å². The number of hydrogen-bond acceptors (Lipinski definition) is 4. The van der Waals surface area contributed by atoms with E-state index in [4.69, 9.17) is 0 Å². The number of alkyl halides is 3. The molecule has 4 fully saturated rings. The quantitative estimate of drug-likeness (QED) is 0.683. The maximum Gasteiger partial charge on any atom is 0.416 e. The van der Waals surface area contributed by atoms with Crippen LogP contribution in [0.1, 0.15) is 67.3 Å². The van der Waals surface area contributed by atoms with E-state index in [0.29, 0.717) is 70.5 Å². The minimum atomic E-state index is -4.68. The summed E-state index contributed by atoms with van der Waals surface area (Å²) in [6, 6.07) is 4.82. The standard InChI is InChI=1S/C21H25F3N4O3S/c22-21(23,24)15-3-4-17(27-32(30,31)28-11-1-2-12-28)16(13-15)18(29)26-20-8-5-19(14-25,6-9-20)7-10-20/h3-4,13,27H,1-2,5-12H2,(H,26,29). The van der Waals surface area contributed by atoms with Crippen LogP contribution in [0, 0.1) is 16.7 Å². The molecule has 32 heavy (non-hydrogen) atoms. The highest BCUT2D eigenvalue weighted by Gasteiger charge is 2.49. The van der Waals surface area contributed by atoms with E-state index < -0.39 is 33.4 Å². The summed E-state index contributed by atoms with van der Waals surface area (Å²) in [5, 5.41) is 12.3. The number of anilines is 1. The lowest BCUT2D eigenvalue weighted by Gasteiger charge is -2.50. The second kappa shape index (κ2) is 7.92. The highest BCUT2D eigenvalue weighted by atomic mass is 32.2. The van der Waals surface area contributed by atoms with E-state index in [1.807, 2.05) is 0 Å². The maximum absolute atomic E-state index is 13.3. The number of nitrogens with zero attached hydrogens (tertiary/aromatic N) is 2. The van der Waals surface area contributed by atoms with E-state index in [1.165, 1.54) is 4.31 Å². The zero-order valence-corrected chi connectivity index (χ0v) is 18.3. The molecule has 1 aromatic carbocycles. The minimum Gasteiger partial charge on any atom is -0.347 e. The molecule has 5 rings (SSSR count). The fraction of sp³-hybridized carbons (Fsp3) is 0.619. The van der Waals surface area contributed by atoms with Gasteiger partial charge in [-0.05, 0) is 69.6 Å². The zero-order chi connectivity index (χ0) is 23.2. The fourth-order valence-corrected chi connectivity index (χ4v) is 6.30. The Morgan fingerprint density at radius 2 is 1.66 bits per heavy atom. The highest BCUT2D eigenvalue weighted by molar-refractivity contribution is 7.90. The molecule has 3 aliphatic carbocycles. The summed E-state index contributed by atoms with van der Waals surface area (Å²) in [5.41, 5.74) is -2.54. The average molecular weight is 471 g/mol. The van der Waals surface area contributed by atoms with Crippen LogP contribution in [0.3, 0.4) is 0 Å². The predicted molar refractivity (Wildman–Crippen MR) is 111 cm³/mol. The lowest BCUT2D eigenvalue weighted by Crippen LogP contribution is -2.56. The van der Waals surface area contributed by atoms with Gasteiger partial charge in [0.25, 0.3) is 5.91 Å². The Bertz CT molecular complexity index is 1030. The first-order valence-corrected chi connectivity index (χ1v) is 12.1. The summed E-state index contributed by atoms with van der Waals surface area (Å²) in [5.74, 6) is -0.749. The number of carbonyl (C=O) groups is 1. The number of amides is 1. The molecule has 3 saturated carbocycles. The van der Waals surface area contributed by atoms with Crippen LogP contribution in [0.25, 0.3) is 0 Å². The number of halogens is 3. The monoisotopic (exact) mass is 470 g/mol. The van der Waals surface area contributed by atoms with Crippen molar-refractivity contribution in [2.45, 2.75) is 63.1 Å². The van der Waals surface area contributed by atoms with Gasteiger partial charge in [-0.25, -0.2) is 0 Å². The normalized spacial score (nSPS) is 28.3. The van der Waals surface area contributed by atoms with E-state index in [-0.39, 0.29) is 16.7 Å². The SMILES string of the molecule is N#CC12CCC(NC(=O)c3cc(C(F)(F)F)ccc3NS(=O)(=O)N3CCCC3)(CC1)CC2. The molecule has 0 unspecified atom stereocenters. The molecule has 2 N–H and O–H groups in total. The molecular formula is C21H25F3N4O3S. The van der Waals surface area contributed by atoms with Crippen LogP contribution in [-0.4, -0.2) is 37.3 Å². The van der Waals surface area contributed by atoms with Crippen molar-refractivity contribution in [1.82, 2.24) is 9.62 Å². The topological polar surface area (TPSA) is 102 Å². The number of hydrogen-bond donors (Lipinski definition) is 2. The van der Waals surface area contributed by atoms with Crippen LogP contribution >= 0.6 is 0 Å². The third-order valence-electron chi connectivity index (χ3n) is 7.10. The van der Waals surface area contributed by atoms with Gasteiger partial charge in [0, 0.05) is 18.6 Å². The first-order valence-electron chi connectivity index (χ1n) is 10.7. The molecule has 0 aromatic heterocycles. The lowest BCUT2D eigenvalue weighted by atomic mass is 9.58. The Kier molecular flexibility index (Phi) is 5.66. The molecule has 2 bridgehead atoms. The molecule has 1 amide bonds. The molecule has 11 heteroatoms. The summed E-state index contributed by atoms with van der Waals surface area (Å²) < 4.78 is 68.8. The van der Waals surface area contributed by atoms with Gasteiger partial charge >= 0.3 is 16.4 Å². The summed E-state index contributed by atoms with van der Waals surface area (Å²) in [6.45, 7) is 0.641. The summed E-state index contributed by atoms with van der Waals surface area (Å²) in [6.07, 6.45) is 0.312. The van der Waals surface area contributed by atoms with Crippen LogP contribution < -0.4 is 10.0 Å². The number of benzene rings is 1. The van der Waals surface area contributed by atoms with Gasteiger partial charge in [-0.2, -0.15) is 31.2 Å². The van der Waals surface area contributed by atoms with Gasteiger partial charge < -0.3 is 5.32 Å². The molecule has 1 aliphatic heterocycles. The first kappa shape index (κ1) is 22.9. The van der Waals surface area contributed by atoms with E-state index in [0.717, 1.165) is 12.1 Å². The van der Waals surface area contributed by atoms with Crippen LogP contribution in [-0.2, 0) is 16.4 Å². The Balaban J connectivity index is 1.62. The van der Waals surface area contributed by atoms with Gasteiger partial charge in [-0.3, -0.25) is 9.52 Å². The van der Waals surface area contributed by atoms with Gasteiger partial charge in [0.05, 0.1) is 28.3 Å². The lowest BCUT2D eigenvalue weighted by molar-refractivity contribution is -0.137. The van der Waals surface area contributed by atoms with Crippen LogP contribution in [0.15, 0.2) is 18.2 Å². The number of rotatable bonds is 5. The van der Waals surface area contributed by atoms with Gasteiger partial charge in [-0.1, -0.05) is 0 Å². The Morgan fingerprint density at radius 1 is 1.06 bits per heavy atom. The Morgan fingerprint density at radius 3 is 2.19 bits per heavy atom. The first-order chi connectivity index (χ1) is 15.0. The van der Waals surface area contributed by atoms with E-state index in [9.17, 15) is 31.6 Å². The third kappa shape index (κ3) is 4.30. The molecule has 0 radical (unpaired) electrons. The largest absolute Gasteiger partial charge is 0.416 e. The Labute approximate surface area is 185 Å². The van der Waals surface area contributed by atoms with Crippen molar-refractivity contribution in [3.05, 3.63) is 29.3 Å². The summed E-state index contributed by atoms with van der Waals surface area (Å²) >= 11 is 0. The number of fused-ring (bicyclic) bond motifs is 3. The van der Waals surface area contributed by atoms with Crippen LogP contribution in [0.5, 0.6) is 0 Å². The fourth-order valence-electron chi connectivity index (χ4n) is 4.98. The number of nitrogens with one attached hydrogen (secondary N) is 2. The molecular weight excluding hydrogens is 445 g/mol. The Hall–Kier alpha value is -2.32. The smallest absolute Gasteiger partial charge is 0.347 e. The van der Waals surface area contributed by atoms with E-state index in [1.54, 1.807) is 0 Å². The second-order valence-electron chi connectivity index (χ2n) is 9.10. The van der Waals surface area contributed by atoms with Crippen LogP contribution in [0.2, 0.25) is 0 Å². The zero-order valence-electron chi connectivity index (χ0n) is 17.5. The van der Waals surface area contributed by atoms with Crippen molar-refractivity contribution in [2.75, 3.05) is 17.8 Å². The van der Waals surface area contributed by atoms with Gasteiger partial charge in [-0.15, -0.1) is 0 Å². The summed E-state index contributed by atoms with van der Waals surface area (Å²) in [7, 11) is -3.99. The molecule has 1 heterocycles.